The van der Waals surface area contributed by atoms with Crippen LogP contribution in [0.15, 0.2) is 67.1 Å². The van der Waals surface area contributed by atoms with Crippen LogP contribution in [0.5, 0.6) is 5.75 Å². The van der Waals surface area contributed by atoms with Gasteiger partial charge in [-0.15, -0.1) is 0 Å². The van der Waals surface area contributed by atoms with E-state index >= 15 is 0 Å². The maximum Gasteiger partial charge on any atom is 0.270 e. The van der Waals surface area contributed by atoms with E-state index in [0.717, 1.165) is 5.75 Å². The first kappa shape index (κ1) is 19.6. The summed E-state index contributed by atoms with van der Waals surface area (Å²) in [7, 11) is 0. The zero-order chi connectivity index (χ0) is 20.9. The molecule has 3 aromatic rings. The Morgan fingerprint density at radius 2 is 1.93 bits per heavy atom. The lowest BCUT2D eigenvalue weighted by Crippen LogP contribution is -2.38. The number of benzene rings is 2. The highest BCUT2D eigenvalue weighted by Gasteiger charge is 2.31. The summed E-state index contributed by atoms with van der Waals surface area (Å²) in [5.74, 6) is 0.0368. The van der Waals surface area contributed by atoms with E-state index in [4.69, 9.17) is 4.74 Å². The number of carbonyl (C=O) groups excluding carboxylic acids is 2. The van der Waals surface area contributed by atoms with Crippen LogP contribution < -0.4 is 10.1 Å². The van der Waals surface area contributed by atoms with Crippen molar-refractivity contribution in [3.63, 3.8) is 0 Å². The third kappa shape index (κ3) is 4.48. The summed E-state index contributed by atoms with van der Waals surface area (Å²) in [6.07, 6.45) is 3.18. The third-order valence-electron chi connectivity index (χ3n) is 4.90. The number of aromatic nitrogens is 2. The standard InChI is InChI=1S/C22H21FN4O3/c23-16-6-8-18(9-7-16)27-15-24-13-20(27)22(29)25-17-12-21(28)26(14-17)10-11-30-19-4-2-1-3-5-19/h1-9,13,15,17H,10-12,14H2,(H,25,29). The minimum atomic E-state index is -0.356. The van der Waals surface area contributed by atoms with Gasteiger partial charge in [-0.3, -0.25) is 14.2 Å². The van der Waals surface area contributed by atoms with E-state index < -0.39 is 0 Å². The fourth-order valence-corrected chi connectivity index (χ4v) is 3.41. The van der Waals surface area contributed by atoms with Crippen LogP contribution in [0.25, 0.3) is 5.69 Å². The van der Waals surface area contributed by atoms with Gasteiger partial charge in [0.1, 0.15) is 23.9 Å². The minimum absolute atomic E-state index is 0.0241. The lowest BCUT2D eigenvalue weighted by molar-refractivity contribution is -0.128. The van der Waals surface area contributed by atoms with Gasteiger partial charge >= 0.3 is 0 Å². The molecule has 1 aromatic heterocycles. The Labute approximate surface area is 173 Å². The van der Waals surface area contributed by atoms with Crippen molar-refractivity contribution in [2.24, 2.45) is 0 Å². The van der Waals surface area contributed by atoms with E-state index in [0.29, 0.717) is 31.1 Å². The van der Waals surface area contributed by atoms with E-state index in [-0.39, 0.29) is 30.1 Å². The number of hydrogen-bond donors (Lipinski definition) is 1. The van der Waals surface area contributed by atoms with Gasteiger partial charge in [-0.25, -0.2) is 9.37 Å². The second-order valence-electron chi connectivity index (χ2n) is 7.00. The van der Waals surface area contributed by atoms with Gasteiger partial charge in [-0.1, -0.05) is 18.2 Å². The van der Waals surface area contributed by atoms with Crippen LogP contribution in [-0.4, -0.2) is 52.0 Å². The molecule has 1 atom stereocenters. The summed E-state index contributed by atoms with van der Waals surface area (Å²) in [5, 5.41) is 2.89. The first-order chi connectivity index (χ1) is 14.6. The van der Waals surface area contributed by atoms with Crippen molar-refractivity contribution in [2.75, 3.05) is 19.7 Å². The Hall–Kier alpha value is -3.68. The Kier molecular flexibility index (Phi) is 5.74. The normalized spacial score (nSPS) is 16.0. The molecule has 0 aliphatic carbocycles. The van der Waals surface area contributed by atoms with Crippen LogP contribution in [0.3, 0.4) is 0 Å². The summed E-state index contributed by atoms with van der Waals surface area (Å²) in [6, 6.07) is 14.9. The van der Waals surface area contributed by atoms with E-state index in [1.54, 1.807) is 21.6 Å². The molecule has 1 aliphatic heterocycles. The van der Waals surface area contributed by atoms with Crippen molar-refractivity contribution in [1.29, 1.82) is 0 Å². The molecule has 0 saturated carbocycles. The molecule has 2 heterocycles. The van der Waals surface area contributed by atoms with Crippen molar-refractivity contribution in [3.8, 4) is 11.4 Å². The predicted octanol–water partition coefficient (Wildman–Crippen LogP) is 2.42. The molecule has 1 N–H and O–H groups in total. The van der Waals surface area contributed by atoms with Crippen LogP contribution in [-0.2, 0) is 4.79 Å². The van der Waals surface area contributed by atoms with Crippen molar-refractivity contribution in [2.45, 2.75) is 12.5 Å². The zero-order valence-electron chi connectivity index (χ0n) is 16.2. The molecule has 4 rings (SSSR count). The predicted molar refractivity (Wildman–Crippen MR) is 108 cm³/mol. The van der Waals surface area contributed by atoms with E-state index in [2.05, 4.69) is 10.3 Å². The smallest absolute Gasteiger partial charge is 0.270 e. The van der Waals surface area contributed by atoms with Crippen molar-refractivity contribution in [3.05, 3.63) is 78.6 Å². The van der Waals surface area contributed by atoms with Gasteiger partial charge < -0.3 is 15.0 Å². The highest BCUT2D eigenvalue weighted by Crippen LogP contribution is 2.15. The van der Waals surface area contributed by atoms with Crippen molar-refractivity contribution in [1.82, 2.24) is 19.8 Å². The number of para-hydroxylation sites is 1. The number of hydrogen-bond acceptors (Lipinski definition) is 4. The number of likely N-dealkylation sites (tertiary alicyclic amines) is 1. The summed E-state index contributed by atoms with van der Waals surface area (Å²) < 4.78 is 20.4. The third-order valence-corrected chi connectivity index (χ3v) is 4.90. The first-order valence-corrected chi connectivity index (χ1v) is 9.65. The molecule has 2 aromatic carbocycles. The Balaban J connectivity index is 1.33. The van der Waals surface area contributed by atoms with Crippen molar-refractivity contribution >= 4 is 11.8 Å². The van der Waals surface area contributed by atoms with Gasteiger partial charge in [-0.2, -0.15) is 0 Å². The molecule has 154 valence electrons. The summed E-state index contributed by atoms with van der Waals surface area (Å²) in [5.41, 5.74) is 0.946. The number of nitrogens with one attached hydrogen (secondary N) is 1. The van der Waals surface area contributed by atoms with Gasteiger partial charge in [0.05, 0.1) is 25.1 Å². The summed E-state index contributed by atoms with van der Waals surface area (Å²) >= 11 is 0. The Bertz CT molecular complexity index is 1020. The van der Waals surface area contributed by atoms with Gasteiger partial charge in [0, 0.05) is 18.7 Å². The number of imidazole rings is 1. The lowest BCUT2D eigenvalue weighted by atomic mass is 10.2. The van der Waals surface area contributed by atoms with Gasteiger partial charge in [-0.05, 0) is 36.4 Å². The molecule has 0 bridgehead atoms. The molecule has 1 fully saturated rings. The average Bonchev–Trinajstić information content (AvgIpc) is 3.36. The molecule has 0 spiro atoms. The number of rotatable bonds is 7. The molecular weight excluding hydrogens is 387 g/mol. The zero-order valence-corrected chi connectivity index (χ0v) is 16.2. The molecule has 0 radical (unpaired) electrons. The molecule has 1 aliphatic rings. The first-order valence-electron chi connectivity index (χ1n) is 9.65. The molecular formula is C22H21FN4O3. The van der Waals surface area contributed by atoms with Crippen LogP contribution in [0.4, 0.5) is 4.39 Å². The molecule has 1 unspecified atom stereocenters. The second-order valence-corrected chi connectivity index (χ2v) is 7.00. The molecule has 7 nitrogen and oxygen atoms in total. The summed E-state index contributed by atoms with van der Waals surface area (Å²) in [6.45, 7) is 1.26. The number of nitrogens with zero attached hydrogens (tertiary/aromatic N) is 3. The lowest BCUT2D eigenvalue weighted by Gasteiger charge is -2.17. The maximum atomic E-state index is 13.2. The molecule has 2 amide bonds. The largest absolute Gasteiger partial charge is 0.492 e. The minimum Gasteiger partial charge on any atom is -0.492 e. The fourth-order valence-electron chi connectivity index (χ4n) is 3.41. The number of ether oxygens (including phenoxy) is 1. The van der Waals surface area contributed by atoms with E-state index in [9.17, 15) is 14.0 Å². The topological polar surface area (TPSA) is 76.5 Å². The average molecular weight is 408 g/mol. The second kappa shape index (κ2) is 8.77. The highest BCUT2D eigenvalue weighted by molar-refractivity contribution is 5.94. The maximum absolute atomic E-state index is 13.2. The number of carbonyl (C=O) groups is 2. The number of halogens is 1. The van der Waals surface area contributed by atoms with Gasteiger partial charge in [0.15, 0.2) is 0 Å². The Morgan fingerprint density at radius 1 is 1.17 bits per heavy atom. The summed E-state index contributed by atoms with van der Waals surface area (Å²) in [4.78, 5) is 30.7. The van der Waals surface area contributed by atoms with Crippen molar-refractivity contribution < 1.29 is 18.7 Å². The van der Waals surface area contributed by atoms with Crippen LogP contribution in [0, 0.1) is 5.82 Å². The monoisotopic (exact) mass is 408 g/mol. The quantitative estimate of drug-likeness (QED) is 0.652. The Morgan fingerprint density at radius 3 is 2.70 bits per heavy atom. The molecule has 1 saturated heterocycles. The SMILES string of the molecule is O=C(NC1CC(=O)N(CCOc2ccccc2)C1)c1cncn1-c1ccc(F)cc1. The molecule has 30 heavy (non-hydrogen) atoms. The highest BCUT2D eigenvalue weighted by atomic mass is 19.1. The van der Waals surface area contributed by atoms with Crippen LogP contribution in [0.2, 0.25) is 0 Å². The fraction of sp³-hybridized carbons (Fsp3) is 0.227. The van der Waals surface area contributed by atoms with E-state index in [1.807, 2.05) is 30.3 Å². The van der Waals surface area contributed by atoms with Crippen LogP contribution in [0.1, 0.15) is 16.9 Å². The number of amides is 2. The van der Waals surface area contributed by atoms with Crippen LogP contribution >= 0.6 is 0 Å². The van der Waals surface area contributed by atoms with Gasteiger partial charge in [0.2, 0.25) is 5.91 Å². The van der Waals surface area contributed by atoms with E-state index in [1.165, 1.54) is 24.7 Å². The molecule has 8 heteroatoms. The van der Waals surface area contributed by atoms with Gasteiger partial charge in [0.25, 0.3) is 5.91 Å².